The summed E-state index contributed by atoms with van der Waals surface area (Å²) in [5.41, 5.74) is 1.10. The van der Waals surface area contributed by atoms with Gasteiger partial charge in [0.2, 0.25) is 5.13 Å². The van der Waals surface area contributed by atoms with Gasteiger partial charge in [-0.3, -0.25) is 10.3 Å². The predicted octanol–water partition coefficient (Wildman–Crippen LogP) is 2.31. The Kier molecular flexibility index (Phi) is 3.96. The zero-order valence-electron chi connectivity index (χ0n) is 11.5. The summed E-state index contributed by atoms with van der Waals surface area (Å²) in [4.78, 5) is 18.2. The fraction of sp³-hybridized carbons (Fsp3) is 0.385. The SMILES string of the molecule is COc1nnc(NC(=O)N2CCC[C@@H]2c2ccncc2)s1. The number of ether oxygens (including phenoxy) is 1. The molecule has 1 N–H and O–H groups in total. The van der Waals surface area contributed by atoms with Crippen LogP contribution in [0.1, 0.15) is 24.4 Å². The number of rotatable bonds is 3. The highest BCUT2D eigenvalue weighted by atomic mass is 32.1. The molecule has 1 aliphatic heterocycles. The molecule has 8 heteroatoms. The van der Waals surface area contributed by atoms with Crippen molar-refractivity contribution in [2.75, 3.05) is 19.0 Å². The molecule has 21 heavy (non-hydrogen) atoms. The third kappa shape index (κ3) is 2.94. The number of hydrogen-bond donors (Lipinski definition) is 1. The summed E-state index contributed by atoms with van der Waals surface area (Å²) in [5, 5.41) is 11.3. The van der Waals surface area contributed by atoms with Crippen molar-refractivity contribution in [3.63, 3.8) is 0 Å². The van der Waals surface area contributed by atoms with Crippen molar-refractivity contribution in [2.45, 2.75) is 18.9 Å². The van der Waals surface area contributed by atoms with E-state index >= 15 is 0 Å². The Labute approximate surface area is 126 Å². The molecule has 0 aliphatic carbocycles. The van der Waals surface area contributed by atoms with Crippen LogP contribution in [0.5, 0.6) is 5.19 Å². The molecule has 7 nitrogen and oxygen atoms in total. The number of hydrogen-bond acceptors (Lipinski definition) is 6. The molecule has 2 aromatic heterocycles. The van der Waals surface area contributed by atoms with Crippen LogP contribution in [0.2, 0.25) is 0 Å². The van der Waals surface area contributed by atoms with Gasteiger partial charge in [0.25, 0.3) is 5.19 Å². The van der Waals surface area contributed by atoms with Crippen LogP contribution < -0.4 is 10.1 Å². The molecule has 2 amide bonds. The minimum Gasteiger partial charge on any atom is -0.472 e. The zero-order chi connectivity index (χ0) is 14.7. The summed E-state index contributed by atoms with van der Waals surface area (Å²) in [7, 11) is 1.52. The minimum atomic E-state index is -0.159. The van der Waals surface area contributed by atoms with Crippen molar-refractivity contribution in [1.29, 1.82) is 0 Å². The van der Waals surface area contributed by atoms with Gasteiger partial charge in [0.1, 0.15) is 0 Å². The standard InChI is InChI=1S/C13H15N5O2S/c1-20-13-17-16-11(21-13)15-12(19)18-8-2-3-10(18)9-4-6-14-7-5-9/h4-7,10H,2-3,8H2,1H3,(H,15,16,19)/t10-/m1/s1. The Morgan fingerprint density at radius 2 is 2.24 bits per heavy atom. The number of anilines is 1. The molecule has 1 atom stereocenters. The number of nitrogens with zero attached hydrogens (tertiary/aromatic N) is 4. The van der Waals surface area contributed by atoms with E-state index in [0.29, 0.717) is 10.3 Å². The van der Waals surface area contributed by atoms with E-state index in [4.69, 9.17) is 4.74 Å². The lowest BCUT2D eigenvalue weighted by Gasteiger charge is -2.24. The minimum absolute atomic E-state index is 0.0859. The Morgan fingerprint density at radius 1 is 1.43 bits per heavy atom. The van der Waals surface area contributed by atoms with E-state index in [9.17, 15) is 4.79 Å². The van der Waals surface area contributed by atoms with E-state index in [2.05, 4.69) is 20.5 Å². The topological polar surface area (TPSA) is 80.2 Å². The summed E-state index contributed by atoms with van der Waals surface area (Å²) in [5.74, 6) is 0. The van der Waals surface area contributed by atoms with Gasteiger partial charge >= 0.3 is 6.03 Å². The molecule has 1 fully saturated rings. The van der Waals surface area contributed by atoms with E-state index in [1.54, 1.807) is 12.4 Å². The zero-order valence-corrected chi connectivity index (χ0v) is 12.3. The molecule has 0 unspecified atom stereocenters. The van der Waals surface area contributed by atoms with Crippen LogP contribution >= 0.6 is 11.3 Å². The number of nitrogens with one attached hydrogen (secondary N) is 1. The largest absolute Gasteiger partial charge is 0.472 e. The molecular formula is C13H15N5O2S. The molecule has 0 bridgehead atoms. The van der Waals surface area contributed by atoms with Crippen molar-refractivity contribution < 1.29 is 9.53 Å². The second-order valence-corrected chi connectivity index (χ2v) is 5.58. The maximum Gasteiger partial charge on any atom is 0.324 e. The number of amides is 2. The van der Waals surface area contributed by atoms with Crippen molar-refractivity contribution in [1.82, 2.24) is 20.1 Å². The maximum absolute atomic E-state index is 12.4. The van der Waals surface area contributed by atoms with Crippen molar-refractivity contribution in [3.05, 3.63) is 30.1 Å². The molecule has 0 saturated carbocycles. The second-order valence-electron chi connectivity index (χ2n) is 4.64. The fourth-order valence-corrected chi connectivity index (χ4v) is 3.00. The van der Waals surface area contributed by atoms with Gasteiger partial charge in [0.05, 0.1) is 13.2 Å². The average molecular weight is 305 g/mol. The lowest BCUT2D eigenvalue weighted by Crippen LogP contribution is -2.34. The number of pyridine rings is 1. The third-order valence-electron chi connectivity index (χ3n) is 3.40. The number of urea groups is 1. The Morgan fingerprint density at radius 3 is 2.95 bits per heavy atom. The van der Waals surface area contributed by atoms with Crippen molar-refractivity contribution in [3.8, 4) is 5.19 Å². The molecule has 2 aromatic rings. The summed E-state index contributed by atoms with van der Waals surface area (Å²) in [6.45, 7) is 0.731. The molecule has 0 radical (unpaired) electrons. The molecule has 0 spiro atoms. The molecule has 0 aromatic carbocycles. The lowest BCUT2D eigenvalue weighted by molar-refractivity contribution is 0.207. The van der Waals surface area contributed by atoms with Gasteiger partial charge in [0.15, 0.2) is 0 Å². The predicted molar refractivity (Wildman–Crippen MR) is 78.4 cm³/mol. The Balaban J connectivity index is 1.71. The van der Waals surface area contributed by atoms with Crippen LogP contribution in [0.25, 0.3) is 0 Å². The highest BCUT2D eigenvalue weighted by Gasteiger charge is 2.30. The van der Waals surface area contributed by atoms with E-state index in [-0.39, 0.29) is 12.1 Å². The summed E-state index contributed by atoms with van der Waals surface area (Å²) < 4.78 is 4.97. The monoisotopic (exact) mass is 305 g/mol. The molecule has 1 saturated heterocycles. The van der Waals surface area contributed by atoms with Gasteiger partial charge in [-0.2, -0.15) is 0 Å². The van der Waals surface area contributed by atoms with Crippen LogP contribution in [0, 0.1) is 0 Å². The van der Waals surface area contributed by atoms with Gasteiger partial charge in [0, 0.05) is 18.9 Å². The van der Waals surface area contributed by atoms with Crippen LogP contribution in [0.15, 0.2) is 24.5 Å². The van der Waals surface area contributed by atoms with Crippen LogP contribution in [-0.4, -0.2) is 39.8 Å². The highest BCUT2D eigenvalue weighted by Crippen LogP contribution is 2.32. The van der Waals surface area contributed by atoms with Gasteiger partial charge in [-0.1, -0.05) is 5.10 Å². The van der Waals surface area contributed by atoms with Gasteiger partial charge in [-0.05, 0) is 41.9 Å². The number of aromatic nitrogens is 3. The molecule has 3 heterocycles. The van der Waals surface area contributed by atoms with Gasteiger partial charge < -0.3 is 9.64 Å². The van der Waals surface area contributed by atoms with Crippen LogP contribution in [0.4, 0.5) is 9.93 Å². The average Bonchev–Trinajstić information content (AvgIpc) is 3.17. The fourth-order valence-electron chi connectivity index (χ4n) is 2.45. The number of carbonyl (C=O) groups is 1. The first kappa shape index (κ1) is 13.7. The summed E-state index contributed by atoms with van der Waals surface area (Å²) >= 11 is 1.20. The molecular weight excluding hydrogens is 290 g/mol. The summed E-state index contributed by atoms with van der Waals surface area (Å²) in [6, 6.07) is 3.82. The third-order valence-corrected chi connectivity index (χ3v) is 4.20. The second kappa shape index (κ2) is 6.04. The van der Waals surface area contributed by atoms with E-state index in [1.807, 2.05) is 17.0 Å². The van der Waals surface area contributed by atoms with E-state index < -0.39 is 0 Å². The molecule has 3 rings (SSSR count). The highest BCUT2D eigenvalue weighted by molar-refractivity contribution is 7.17. The normalized spacial score (nSPS) is 17.8. The molecule has 1 aliphatic rings. The quantitative estimate of drug-likeness (QED) is 0.941. The maximum atomic E-state index is 12.4. The first-order chi connectivity index (χ1) is 10.3. The summed E-state index contributed by atoms with van der Waals surface area (Å²) in [6.07, 6.45) is 5.44. The first-order valence-corrected chi connectivity index (χ1v) is 7.44. The van der Waals surface area contributed by atoms with E-state index in [0.717, 1.165) is 24.9 Å². The Bertz CT molecular complexity index is 618. The number of carbonyl (C=O) groups excluding carboxylic acids is 1. The number of methoxy groups -OCH3 is 1. The number of likely N-dealkylation sites (tertiary alicyclic amines) is 1. The van der Waals surface area contributed by atoms with Gasteiger partial charge in [-0.15, -0.1) is 5.10 Å². The van der Waals surface area contributed by atoms with E-state index in [1.165, 1.54) is 18.4 Å². The van der Waals surface area contributed by atoms with Gasteiger partial charge in [-0.25, -0.2) is 4.79 Å². The smallest absolute Gasteiger partial charge is 0.324 e. The first-order valence-electron chi connectivity index (χ1n) is 6.63. The van der Waals surface area contributed by atoms with Crippen LogP contribution in [0.3, 0.4) is 0 Å². The Hall–Kier alpha value is -2.22. The molecule has 110 valence electrons. The van der Waals surface area contributed by atoms with Crippen LogP contribution in [-0.2, 0) is 0 Å². The van der Waals surface area contributed by atoms with Crippen molar-refractivity contribution >= 4 is 22.5 Å². The van der Waals surface area contributed by atoms with Crippen molar-refractivity contribution in [2.24, 2.45) is 0 Å². The lowest BCUT2D eigenvalue weighted by atomic mass is 10.1.